The van der Waals surface area contributed by atoms with Crippen LogP contribution in [0.25, 0.3) is 0 Å². The molecule has 2 rings (SSSR count). The molecule has 0 amide bonds. The molecule has 0 atom stereocenters. The lowest BCUT2D eigenvalue weighted by molar-refractivity contribution is 0.353. The lowest BCUT2D eigenvalue weighted by Crippen LogP contribution is -2.57. The Balaban J connectivity index is 2.04. The third-order valence-electron chi connectivity index (χ3n) is 4.51. The molecule has 8 nitrogen and oxygen atoms in total. The molecule has 146 valence electrons. The first-order valence-corrected chi connectivity index (χ1v) is 11.4. The molecule has 2 N–H and O–H groups in total. The van der Waals surface area contributed by atoms with Gasteiger partial charge in [-0.2, -0.15) is 0 Å². The SMILES string of the molecule is CN=C(NCc1ccc(S(=O)(=O)NC)cc1)N1CCS(=O)(=O)C(C)(C)C1. The van der Waals surface area contributed by atoms with Crippen LogP contribution in [0.3, 0.4) is 0 Å². The minimum absolute atomic E-state index is 0.0945. The van der Waals surface area contributed by atoms with Crippen molar-refractivity contribution in [3.05, 3.63) is 29.8 Å². The molecule has 0 radical (unpaired) electrons. The molecular formula is C16H26N4O4S2. The molecule has 1 saturated heterocycles. The van der Waals surface area contributed by atoms with Crippen molar-refractivity contribution in [2.75, 3.05) is 32.9 Å². The van der Waals surface area contributed by atoms with Crippen molar-refractivity contribution in [3.8, 4) is 0 Å². The van der Waals surface area contributed by atoms with Crippen LogP contribution in [0, 0.1) is 0 Å². The Bertz CT molecular complexity index is 875. The van der Waals surface area contributed by atoms with Gasteiger partial charge in [-0.05, 0) is 38.6 Å². The van der Waals surface area contributed by atoms with Crippen LogP contribution < -0.4 is 10.0 Å². The summed E-state index contributed by atoms with van der Waals surface area (Å²) in [6, 6.07) is 6.55. The van der Waals surface area contributed by atoms with Crippen LogP contribution in [-0.4, -0.2) is 65.4 Å². The average Bonchev–Trinajstić information content (AvgIpc) is 2.59. The first-order chi connectivity index (χ1) is 12.0. The van der Waals surface area contributed by atoms with Gasteiger partial charge in [0, 0.05) is 26.7 Å². The van der Waals surface area contributed by atoms with Crippen LogP contribution in [0.5, 0.6) is 0 Å². The third-order valence-corrected chi connectivity index (χ3v) is 8.47. The van der Waals surface area contributed by atoms with Crippen LogP contribution >= 0.6 is 0 Å². The van der Waals surface area contributed by atoms with E-state index in [9.17, 15) is 16.8 Å². The maximum absolute atomic E-state index is 12.1. The number of sulfonamides is 1. The van der Waals surface area contributed by atoms with E-state index in [1.165, 1.54) is 7.05 Å². The Morgan fingerprint density at radius 2 is 1.88 bits per heavy atom. The van der Waals surface area contributed by atoms with E-state index in [1.807, 2.05) is 4.90 Å². The number of guanidine groups is 1. The zero-order valence-electron chi connectivity index (χ0n) is 15.5. The number of hydrogen-bond donors (Lipinski definition) is 2. The Labute approximate surface area is 155 Å². The molecule has 1 fully saturated rings. The zero-order chi connectivity index (χ0) is 19.6. The second kappa shape index (κ2) is 7.53. The molecule has 0 aromatic heterocycles. The van der Waals surface area contributed by atoms with Crippen LogP contribution in [0.15, 0.2) is 34.2 Å². The van der Waals surface area contributed by atoms with Gasteiger partial charge in [0.2, 0.25) is 10.0 Å². The zero-order valence-corrected chi connectivity index (χ0v) is 17.1. The highest BCUT2D eigenvalue weighted by Crippen LogP contribution is 2.23. The Morgan fingerprint density at radius 3 is 2.38 bits per heavy atom. The molecular weight excluding hydrogens is 376 g/mol. The first-order valence-electron chi connectivity index (χ1n) is 8.23. The van der Waals surface area contributed by atoms with E-state index in [2.05, 4.69) is 15.0 Å². The van der Waals surface area contributed by atoms with Crippen molar-refractivity contribution in [2.24, 2.45) is 4.99 Å². The molecule has 0 saturated carbocycles. The van der Waals surface area contributed by atoms with Crippen LogP contribution in [0.1, 0.15) is 19.4 Å². The standard InChI is InChI=1S/C16H26N4O4S2/c1-16(2)12-20(9-10-25(16,21)22)15(17-3)19-11-13-5-7-14(8-6-13)26(23,24)18-4/h5-8,18H,9-12H2,1-4H3,(H,17,19). The quantitative estimate of drug-likeness (QED) is 0.549. The van der Waals surface area contributed by atoms with Crippen molar-refractivity contribution >= 4 is 25.8 Å². The van der Waals surface area contributed by atoms with Gasteiger partial charge in [0.15, 0.2) is 15.8 Å². The highest BCUT2D eigenvalue weighted by atomic mass is 32.2. The van der Waals surface area contributed by atoms with E-state index in [4.69, 9.17) is 0 Å². The lowest BCUT2D eigenvalue weighted by atomic mass is 10.2. The van der Waals surface area contributed by atoms with E-state index < -0.39 is 24.6 Å². The van der Waals surface area contributed by atoms with Crippen molar-refractivity contribution in [1.82, 2.24) is 14.9 Å². The lowest BCUT2D eigenvalue weighted by Gasteiger charge is -2.39. The van der Waals surface area contributed by atoms with E-state index in [0.717, 1.165) is 5.56 Å². The molecule has 0 bridgehead atoms. The summed E-state index contributed by atoms with van der Waals surface area (Å²) in [6.07, 6.45) is 0. The number of hydrogen-bond acceptors (Lipinski definition) is 5. The predicted molar refractivity (Wildman–Crippen MR) is 102 cm³/mol. The Hall–Kier alpha value is -1.65. The van der Waals surface area contributed by atoms with Gasteiger partial charge in [0.25, 0.3) is 0 Å². The molecule has 10 heteroatoms. The van der Waals surface area contributed by atoms with Crippen molar-refractivity contribution in [1.29, 1.82) is 0 Å². The van der Waals surface area contributed by atoms with Gasteiger partial charge in [-0.1, -0.05) is 12.1 Å². The molecule has 26 heavy (non-hydrogen) atoms. The highest BCUT2D eigenvalue weighted by molar-refractivity contribution is 7.92. The molecule has 0 spiro atoms. The maximum Gasteiger partial charge on any atom is 0.240 e. The molecule has 1 aromatic carbocycles. The minimum atomic E-state index is -3.45. The molecule has 0 unspecified atom stereocenters. The summed E-state index contributed by atoms with van der Waals surface area (Å²) in [5.74, 6) is 0.719. The molecule has 1 heterocycles. The van der Waals surface area contributed by atoms with Gasteiger partial charge >= 0.3 is 0 Å². The fraction of sp³-hybridized carbons (Fsp3) is 0.562. The van der Waals surface area contributed by atoms with Gasteiger partial charge in [-0.15, -0.1) is 0 Å². The van der Waals surface area contributed by atoms with E-state index in [0.29, 0.717) is 25.6 Å². The summed E-state index contributed by atoms with van der Waals surface area (Å²) in [5, 5.41) is 3.21. The normalized spacial score (nSPS) is 20.0. The Morgan fingerprint density at radius 1 is 1.27 bits per heavy atom. The average molecular weight is 403 g/mol. The summed E-state index contributed by atoms with van der Waals surface area (Å²) in [5.41, 5.74) is 0.894. The molecule has 0 aliphatic carbocycles. The van der Waals surface area contributed by atoms with Gasteiger partial charge in [-0.25, -0.2) is 21.6 Å². The summed E-state index contributed by atoms with van der Waals surface area (Å²) < 4.78 is 49.2. The summed E-state index contributed by atoms with van der Waals surface area (Å²) >= 11 is 0. The smallest absolute Gasteiger partial charge is 0.240 e. The second-order valence-corrected chi connectivity index (χ2v) is 11.4. The maximum atomic E-state index is 12.1. The fourth-order valence-electron chi connectivity index (χ4n) is 2.74. The summed E-state index contributed by atoms with van der Waals surface area (Å²) in [7, 11) is -3.54. The first kappa shape index (κ1) is 20.7. The monoisotopic (exact) mass is 402 g/mol. The number of sulfone groups is 1. The van der Waals surface area contributed by atoms with E-state index in [-0.39, 0.29) is 10.6 Å². The highest BCUT2D eigenvalue weighted by Gasteiger charge is 2.40. The largest absolute Gasteiger partial charge is 0.352 e. The number of nitrogens with one attached hydrogen (secondary N) is 2. The van der Waals surface area contributed by atoms with Crippen molar-refractivity contribution in [2.45, 2.75) is 30.0 Å². The van der Waals surface area contributed by atoms with Crippen LogP contribution in [-0.2, 0) is 26.4 Å². The van der Waals surface area contributed by atoms with Gasteiger partial charge in [0.1, 0.15) is 0 Å². The summed E-state index contributed by atoms with van der Waals surface area (Å²) in [6.45, 7) is 4.67. The van der Waals surface area contributed by atoms with Crippen molar-refractivity contribution < 1.29 is 16.8 Å². The van der Waals surface area contributed by atoms with Crippen LogP contribution in [0.2, 0.25) is 0 Å². The van der Waals surface area contributed by atoms with Gasteiger partial charge in [-0.3, -0.25) is 4.99 Å². The number of benzene rings is 1. The number of rotatable bonds is 4. The molecule has 1 aromatic rings. The van der Waals surface area contributed by atoms with Crippen molar-refractivity contribution in [3.63, 3.8) is 0 Å². The van der Waals surface area contributed by atoms with Gasteiger partial charge in [0.05, 0.1) is 15.4 Å². The minimum Gasteiger partial charge on any atom is -0.352 e. The Kier molecular flexibility index (Phi) is 5.99. The summed E-state index contributed by atoms with van der Waals surface area (Å²) in [4.78, 5) is 6.38. The molecule has 1 aliphatic heterocycles. The van der Waals surface area contributed by atoms with E-state index >= 15 is 0 Å². The fourth-order valence-corrected chi connectivity index (χ4v) is 4.84. The number of aliphatic imine (C=N–C) groups is 1. The second-order valence-electron chi connectivity index (χ2n) is 6.75. The topological polar surface area (TPSA) is 108 Å². The molecule has 1 aliphatic rings. The predicted octanol–water partition coefficient (Wildman–Crippen LogP) is 0.179. The van der Waals surface area contributed by atoms with E-state index in [1.54, 1.807) is 45.2 Å². The third kappa shape index (κ3) is 4.36. The number of nitrogens with zero attached hydrogens (tertiary/aromatic N) is 2. The van der Waals surface area contributed by atoms with Gasteiger partial charge < -0.3 is 10.2 Å². The van der Waals surface area contributed by atoms with Crippen LogP contribution in [0.4, 0.5) is 0 Å².